The SMILES string of the molecule is [Ir].[c-]1cccnc1-n1cncn1.c1ccc(-c2n[n-]c(-c3ccccn3)n2)cc1. The van der Waals surface area contributed by atoms with Gasteiger partial charge in [0, 0.05) is 26.3 Å². The second kappa shape index (κ2) is 10.1. The van der Waals surface area contributed by atoms with Gasteiger partial charge in [-0.25, -0.2) is 21.8 Å². The normalized spacial score (nSPS) is 9.79. The molecule has 0 aliphatic heterocycles. The molecule has 0 aliphatic carbocycles. The van der Waals surface area contributed by atoms with Gasteiger partial charge in [-0.15, -0.1) is 0 Å². The molecule has 0 fully saturated rings. The summed E-state index contributed by atoms with van der Waals surface area (Å²) in [5, 5.41) is 12.0. The molecule has 0 unspecified atom stereocenters. The average Bonchev–Trinajstić information content (AvgIpc) is 3.49. The summed E-state index contributed by atoms with van der Waals surface area (Å²) >= 11 is 0. The largest absolute Gasteiger partial charge is 0.417 e. The molecule has 0 saturated heterocycles. The van der Waals surface area contributed by atoms with Gasteiger partial charge in [0.15, 0.2) is 0 Å². The van der Waals surface area contributed by atoms with Crippen LogP contribution in [0.1, 0.15) is 0 Å². The Hall–Kier alpha value is -3.55. The Morgan fingerprint density at radius 3 is 2.41 bits per heavy atom. The van der Waals surface area contributed by atoms with E-state index >= 15 is 0 Å². The van der Waals surface area contributed by atoms with Crippen LogP contribution >= 0.6 is 0 Å². The van der Waals surface area contributed by atoms with Crippen LogP contribution < -0.4 is 5.10 Å². The van der Waals surface area contributed by atoms with Crippen molar-refractivity contribution >= 4 is 0 Å². The van der Waals surface area contributed by atoms with E-state index in [-0.39, 0.29) is 20.1 Å². The Balaban J connectivity index is 0.000000174. The zero-order valence-electron chi connectivity index (χ0n) is 15.0. The Bertz CT molecular complexity index is 1040. The van der Waals surface area contributed by atoms with Gasteiger partial charge in [-0.2, -0.15) is 11.2 Å². The molecule has 4 heterocycles. The first-order chi connectivity index (χ1) is 13.9. The van der Waals surface area contributed by atoms with E-state index < -0.39 is 0 Å². The molecule has 5 aromatic rings. The number of benzene rings is 1. The predicted octanol–water partition coefficient (Wildman–Crippen LogP) is 2.62. The van der Waals surface area contributed by atoms with Crippen LogP contribution in [0.4, 0.5) is 0 Å². The average molecular weight is 559 g/mol. The second-order valence-corrected chi connectivity index (χ2v) is 5.49. The fraction of sp³-hybridized carbons (Fsp3) is 0. The van der Waals surface area contributed by atoms with Crippen LogP contribution in [0.3, 0.4) is 0 Å². The first kappa shape index (κ1) is 20.2. The first-order valence-electron chi connectivity index (χ1n) is 8.42. The van der Waals surface area contributed by atoms with Crippen molar-refractivity contribution in [1.82, 2.24) is 39.9 Å². The van der Waals surface area contributed by atoms with Crippen molar-refractivity contribution in [3.63, 3.8) is 0 Å². The predicted molar refractivity (Wildman–Crippen MR) is 102 cm³/mol. The van der Waals surface area contributed by atoms with Crippen LogP contribution in [-0.4, -0.2) is 34.8 Å². The Labute approximate surface area is 180 Å². The molecule has 0 saturated carbocycles. The van der Waals surface area contributed by atoms with E-state index in [9.17, 15) is 0 Å². The monoisotopic (exact) mass is 559 g/mol. The molecule has 8 nitrogen and oxygen atoms in total. The Morgan fingerprint density at radius 2 is 1.72 bits per heavy atom. The summed E-state index contributed by atoms with van der Waals surface area (Å²) in [6.07, 6.45) is 6.45. The standard InChI is InChI=1S/C13H9N4.C7H5N4.Ir/c1-2-6-10(7-3-1)12-15-13(17-16-12)11-8-4-5-9-14-11;1-2-4-9-7(3-1)11-6-8-5-10-11;/h1-9H;1-2,4-6H;/q2*-1;. The summed E-state index contributed by atoms with van der Waals surface area (Å²) in [5.41, 5.74) is 1.70. The number of nitrogens with zero attached hydrogens (tertiary/aromatic N) is 8. The number of aromatic nitrogens is 8. The van der Waals surface area contributed by atoms with E-state index in [1.807, 2.05) is 48.5 Å². The third kappa shape index (κ3) is 5.25. The van der Waals surface area contributed by atoms with Crippen LogP contribution in [0.5, 0.6) is 0 Å². The first-order valence-corrected chi connectivity index (χ1v) is 8.42. The molecule has 4 aromatic heterocycles. The van der Waals surface area contributed by atoms with E-state index in [2.05, 4.69) is 41.3 Å². The van der Waals surface area contributed by atoms with E-state index in [1.54, 1.807) is 35.5 Å². The molecule has 0 amide bonds. The summed E-state index contributed by atoms with van der Waals surface area (Å²) in [6.45, 7) is 0. The zero-order valence-corrected chi connectivity index (χ0v) is 17.4. The van der Waals surface area contributed by atoms with Gasteiger partial charge >= 0.3 is 0 Å². The molecule has 0 aliphatic rings. The zero-order chi connectivity index (χ0) is 19.0. The third-order valence-corrected chi connectivity index (χ3v) is 3.60. The van der Waals surface area contributed by atoms with Crippen LogP contribution in [0.25, 0.3) is 28.7 Å². The molecule has 5 rings (SSSR count). The summed E-state index contributed by atoms with van der Waals surface area (Å²) in [4.78, 5) is 16.4. The van der Waals surface area contributed by atoms with Crippen molar-refractivity contribution in [3.05, 3.63) is 91.8 Å². The minimum absolute atomic E-state index is 0. The van der Waals surface area contributed by atoms with Crippen molar-refractivity contribution < 1.29 is 20.1 Å². The van der Waals surface area contributed by atoms with Gasteiger partial charge in [-0.05, 0) is 23.5 Å². The van der Waals surface area contributed by atoms with E-state index in [0.717, 1.165) is 11.3 Å². The fourth-order valence-electron chi connectivity index (χ4n) is 2.31. The van der Waals surface area contributed by atoms with Crippen molar-refractivity contribution in [2.45, 2.75) is 0 Å². The summed E-state index contributed by atoms with van der Waals surface area (Å²) in [5.74, 6) is 1.85. The van der Waals surface area contributed by atoms with Gasteiger partial charge < -0.3 is 10.1 Å². The van der Waals surface area contributed by atoms with Crippen molar-refractivity contribution in [1.29, 1.82) is 0 Å². The van der Waals surface area contributed by atoms with Crippen LogP contribution in [0, 0.1) is 6.07 Å². The number of pyridine rings is 2. The quantitative estimate of drug-likeness (QED) is 0.314. The van der Waals surface area contributed by atoms with Crippen molar-refractivity contribution in [2.24, 2.45) is 0 Å². The molecule has 145 valence electrons. The van der Waals surface area contributed by atoms with Gasteiger partial charge in [0.05, 0.1) is 17.3 Å². The van der Waals surface area contributed by atoms with E-state index in [1.165, 1.54) is 6.33 Å². The van der Waals surface area contributed by atoms with Crippen molar-refractivity contribution in [3.8, 4) is 28.7 Å². The molecule has 0 bridgehead atoms. The minimum Gasteiger partial charge on any atom is -0.417 e. The summed E-state index contributed by atoms with van der Waals surface area (Å²) in [7, 11) is 0. The maximum Gasteiger partial charge on any atom is 0.138 e. The van der Waals surface area contributed by atoms with Crippen LogP contribution in [0.15, 0.2) is 85.7 Å². The summed E-state index contributed by atoms with van der Waals surface area (Å²) < 4.78 is 1.56. The molecule has 0 spiro atoms. The van der Waals surface area contributed by atoms with Crippen LogP contribution in [-0.2, 0) is 20.1 Å². The number of hydrogen-bond acceptors (Lipinski definition) is 6. The molecule has 9 heteroatoms. The van der Waals surface area contributed by atoms with Gasteiger partial charge in [-0.3, -0.25) is 15.1 Å². The molecule has 1 radical (unpaired) electrons. The Morgan fingerprint density at radius 1 is 0.897 bits per heavy atom. The van der Waals surface area contributed by atoms with Gasteiger partial charge in [0.2, 0.25) is 0 Å². The molecule has 1 aromatic carbocycles. The van der Waals surface area contributed by atoms with E-state index in [0.29, 0.717) is 17.5 Å². The van der Waals surface area contributed by atoms with Gasteiger partial charge in [0.25, 0.3) is 0 Å². The molecule has 0 atom stereocenters. The molecular weight excluding hydrogens is 544 g/mol. The number of hydrogen-bond donors (Lipinski definition) is 0. The molecular formula is C20H14IrN8-2. The third-order valence-electron chi connectivity index (χ3n) is 3.60. The number of rotatable bonds is 3. The smallest absolute Gasteiger partial charge is 0.138 e. The maximum atomic E-state index is 4.37. The van der Waals surface area contributed by atoms with Crippen molar-refractivity contribution in [2.75, 3.05) is 0 Å². The van der Waals surface area contributed by atoms with Crippen LogP contribution in [0.2, 0.25) is 0 Å². The minimum atomic E-state index is 0. The Kier molecular flexibility index (Phi) is 7.05. The summed E-state index contributed by atoms with van der Waals surface area (Å²) in [6, 6.07) is 21.9. The maximum absolute atomic E-state index is 4.37. The fourth-order valence-corrected chi connectivity index (χ4v) is 2.31. The van der Waals surface area contributed by atoms with Gasteiger partial charge in [0.1, 0.15) is 12.7 Å². The topological polar surface area (TPSA) is 96.4 Å². The van der Waals surface area contributed by atoms with E-state index in [4.69, 9.17) is 0 Å². The molecule has 0 N–H and O–H groups in total. The van der Waals surface area contributed by atoms with Gasteiger partial charge in [-0.1, -0.05) is 42.6 Å². The second-order valence-electron chi connectivity index (χ2n) is 5.49. The molecule has 29 heavy (non-hydrogen) atoms.